The van der Waals surface area contributed by atoms with E-state index in [4.69, 9.17) is 39.4 Å². The minimum absolute atomic E-state index is 0.342. The van der Waals surface area contributed by atoms with Crippen LogP contribution in [0, 0.1) is 0 Å². The van der Waals surface area contributed by atoms with Crippen molar-refractivity contribution in [3.05, 3.63) is 58.6 Å². The summed E-state index contributed by atoms with van der Waals surface area (Å²) >= 11 is 11.8. The summed E-state index contributed by atoms with van der Waals surface area (Å²) in [6, 6.07) is 5.32. The molecule has 0 spiro atoms. The molecule has 5 heteroatoms. The quantitative estimate of drug-likeness (QED) is 0.477. The number of nitrogens with two attached hydrogens (primary N) is 2. The summed E-state index contributed by atoms with van der Waals surface area (Å²) in [7, 11) is 0. The van der Waals surface area contributed by atoms with Gasteiger partial charge in [0.25, 0.3) is 0 Å². The van der Waals surface area contributed by atoms with E-state index in [1.165, 1.54) is 0 Å². The van der Waals surface area contributed by atoms with Gasteiger partial charge in [0, 0.05) is 11.4 Å². The highest BCUT2D eigenvalue weighted by Gasteiger charge is 1.99. The van der Waals surface area contributed by atoms with Crippen LogP contribution < -0.4 is 11.5 Å². The van der Waals surface area contributed by atoms with E-state index < -0.39 is 0 Å². The molecule has 0 saturated carbocycles. The Morgan fingerprint density at radius 2 is 1.79 bits per heavy atom. The Balaban J connectivity index is 2.48. The zero-order valence-electron chi connectivity index (χ0n) is 10.4. The number of hydrogen-bond donors (Lipinski definition) is 2. The Labute approximate surface area is 123 Å². The van der Waals surface area contributed by atoms with Gasteiger partial charge in [-0.2, -0.15) is 0 Å². The van der Waals surface area contributed by atoms with Crippen molar-refractivity contribution in [3.8, 4) is 0 Å². The molecule has 0 saturated heterocycles. The third kappa shape index (κ3) is 5.83. The van der Waals surface area contributed by atoms with Crippen molar-refractivity contribution in [2.24, 2.45) is 0 Å². The molecular formula is C14H16Cl2N2O. The van der Waals surface area contributed by atoms with E-state index in [1.54, 1.807) is 24.3 Å². The van der Waals surface area contributed by atoms with Gasteiger partial charge in [-0.25, -0.2) is 0 Å². The number of hydrogen-bond acceptors (Lipinski definition) is 3. The monoisotopic (exact) mass is 298 g/mol. The normalized spacial score (nSPS) is 12.5. The van der Waals surface area contributed by atoms with Crippen molar-refractivity contribution in [1.29, 1.82) is 0 Å². The fraction of sp³-hybridized carbons (Fsp3) is 0.143. The summed E-state index contributed by atoms with van der Waals surface area (Å²) in [5.41, 5.74) is 13.5. The summed E-state index contributed by atoms with van der Waals surface area (Å²) in [6.07, 6.45) is 4.85. The molecule has 0 aliphatic rings. The van der Waals surface area contributed by atoms with Crippen LogP contribution in [-0.2, 0) is 11.3 Å². The largest absolute Gasteiger partial charge is 0.399 e. The first kappa shape index (κ1) is 15.6. The topological polar surface area (TPSA) is 61.3 Å². The van der Waals surface area contributed by atoms with Gasteiger partial charge in [0.2, 0.25) is 0 Å². The highest BCUT2D eigenvalue weighted by molar-refractivity contribution is 6.43. The molecule has 0 radical (unpaired) electrons. The molecule has 0 fully saturated rings. The maximum atomic E-state index is 5.94. The van der Waals surface area contributed by atoms with E-state index in [0.717, 1.165) is 5.56 Å². The van der Waals surface area contributed by atoms with Gasteiger partial charge in [0.05, 0.1) is 23.3 Å². The third-order valence-corrected chi connectivity index (χ3v) is 2.96. The second-order valence-electron chi connectivity index (χ2n) is 3.83. The van der Waals surface area contributed by atoms with Crippen molar-refractivity contribution in [2.75, 3.05) is 18.1 Å². The molecule has 0 aliphatic carbocycles. The highest BCUT2D eigenvalue weighted by atomic mass is 35.5. The van der Waals surface area contributed by atoms with Crippen LogP contribution in [0.3, 0.4) is 0 Å². The van der Waals surface area contributed by atoms with Crippen LogP contribution in [0.5, 0.6) is 0 Å². The molecule has 0 unspecified atom stereocenters. The fourth-order valence-corrected chi connectivity index (χ4v) is 1.71. The molecule has 1 rings (SSSR count). The molecule has 1 aromatic carbocycles. The summed E-state index contributed by atoms with van der Waals surface area (Å²) in [4.78, 5) is 0. The van der Waals surface area contributed by atoms with E-state index in [0.29, 0.717) is 34.7 Å². The molecule has 3 nitrogen and oxygen atoms in total. The second kappa shape index (κ2) is 7.89. The second-order valence-corrected chi connectivity index (χ2v) is 4.64. The Kier molecular flexibility index (Phi) is 6.50. The molecule has 0 aromatic heterocycles. The molecule has 0 amide bonds. The first-order valence-electron chi connectivity index (χ1n) is 5.60. The standard InChI is InChI=1S/C14H16Cl2N2O/c1-2-3-13(15)14(16)4-5-19-9-10-6-11(17)8-12(18)7-10/h2-4,6-8H,1,5,9,17-18H2/b13-3+,14-4+. The molecule has 0 atom stereocenters. The molecule has 0 aliphatic heterocycles. The van der Waals surface area contributed by atoms with E-state index in [-0.39, 0.29) is 0 Å². The van der Waals surface area contributed by atoms with E-state index in [9.17, 15) is 0 Å². The molecule has 19 heavy (non-hydrogen) atoms. The average Bonchev–Trinajstić information content (AvgIpc) is 2.33. The molecule has 4 N–H and O–H groups in total. The first-order valence-corrected chi connectivity index (χ1v) is 6.35. The number of allylic oxidation sites excluding steroid dienone is 4. The van der Waals surface area contributed by atoms with Crippen molar-refractivity contribution in [1.82, 2.24) is 0 Å². The SMILES string of the molecule is C=C/C=C(Cl)\C(Cl)=C/COCc1cc(N)cc(N)c1. The van der Waals surface area contributed by atoms with Crippen LogP contribution in [0.15, 0.2) is 53.1 Å². The van der Waals surface area contributed by atoms with Gasteiger partial charge in [-0.05, 0) is 35.9 Å². The van der Waals surface area contributed by atoms with Gasteiger partial charge < -0.3 is 16.2 Å². The predicted octanol–water partition coefficient (Wildman–Crippen LogP) is 3.80. The lowest BCUT2D eigenvalue weighted by molar-refractivity contribution is 0.148. The van der Waals surface area contributed by atoms with Gasteiger partial charge in [0.1, 0.15) is 0 Å². The van der Waals surface area contributed by atoms with Crippen LogP contribution in [0.2, 0.25) is 0 Å². The highest BCUT2D eigenvalue weighted by Crippen LogP contribution is 2.19. The van der Waals surface area contributed by atoms with Crippen LogP contribution in [-0.4, -0.2) is 6.61 Å². The average molecular weight is 299 g/mol. The van der Waals surface area contributed by atoms with E-state index in [2.05, 4.69) is 6.58 Å². The maximum Gasteiger partial charge on any atom is 0.0722 e. The Bertz CT molecular complexity index is 490. The first-order chi connectivity index (χ1) is 9.02. The summed E-state index contributed by atoms with van der Waals surface area (Å²) in [5.74, 6) is 0. The van der Waals surface area contributed by atoms with Crippen molar-refractivity contribution < 1.29 is 4.74 Å². The number of anilines is 2. The molecule has 0 bridgehead atoms. The molecule has 1 aromatic rings. The predicted molar refractivity (Wildman–Crippen MR) is 83.0 cm³/mol. The number of rotatable bonds is 6. The number of nitrogen functional groups attached to an aromatic ring is 2. The van der Waals surface area contributed by atoms with Gasteiger partial charge >= 0.3 is 0 Å². The third-order valence-electron chi connectivity index (χ3n) is 2.18. The zero-order chi connectivity index (χ0) is 14.3. The van der Waals surface area contributed by atoms with Crippen LogP contribution in [0.1, 0.15) is 5.56 Å². The van der Waals surface area contributed by atoms with Crippen molar-refractivity contribution >= 4 is 34.6 Å². The number of halogens is 2. The van der Waals surface area contributed by atoms with Crippen molar-refractivity contribution in [3.63, 3.8) is 0 Å². The fourth-order valence-electron chi connectivity index (χ4n) is 1.42. The Morgan fingerprint density at radius 1 is 1.16 bits per heavy atom. The van der Waals surface area contributed by atoms with E-state index in [1.807, 2.05) is 12.1 Å². The van der Waals surface area contributed by atoms with Crippen molar-refractivity contribution in [2.45, 2.75) is 6.61 Å². The number of benzene rings is 1. The van der Waals surface area contributed by atoms with Gasteiger partial charge in [0.15, 0.2) is 0 Å². The van der Waals surface area contributed by atoms with Crippen LogP contribution >= 0.6 is 23.2 Å². The smallest absolute Gasteiger partial charge is 0.0722 e. The van der Waals surface area contributed by atoms with Gasteiger partial charge in [-0.3, -0.25) is 0 Å². The molecular weight excluding hydrogens is 283 g/mol. The molecule has 102 valence electrons. The summed E-state index contributed by atoms with van der Waals surface area (Å²) in [5, 5.41) is 0.849. The zero-order valence-corrected chi connectivity index (χ0v) is 11.9. The van der Waals surface area contributed by atoms with E-state index >= 15 is 0 Å². The minimum Gasteiger partial charge on any atom is -0.399 e. The van der Waals surface area contributed by atoms with Crippen LogP contribution in [0.4, 0.5) is 11.4 Å². The Morgan fingerprint density at radius 3 is 2.37 bits per heavy atom. The summed E-state index contributed by atoms with van der Waals surface area (Å²) in [6.45, 7) is 4.28. The lowest BCUT2D eigenvalue weighted by atomic mass is 10.2. The number of ether oxygens (including phenoxy) is 1. The lowest BCUT2D eigenvalue weighted by Crippen LogP contribution is -1.97. The van der Waals surface area contributed by atoms with Gasteiger partial charge in [-0.15, -0.1) is 0 Å². The van der Waals surface area contributed by atoms with Gasteiger partial charge in [-0.1, -0.05) is 35.9 Å². The maximum absolute atomic E-state index is 5.94. The molecule has 0 heterocycles. The minimum atomic E-state index is 0.342. The van der Waals surface area contributed by atoms with Crippen LogP contribution in [0.25, 0.3) is 0 Å². The lowest BCUT2D eigenvalue weighted by Gasteiger charge is -2.05. The Hall–Kier alpha value is -1.42. The summed E-state index contributed by atoms with van der Waals surface area (Å²) < 4.78 is 5.45.